The molecule has 0 aliphatic heterocycles. The van der Waals surface area contributed by atoms with Crippen molar-refractivity contribution >= 4 is 22.4 Å². The SMILES string of the molecule is CCc1ccc(Oc2cnc3cc(F)ccc3n2)cc1C1=CCCC1=O. The Morgan fingerprint density at radius 2 is 2.04 bits per heavy atom. The summed E-state index contributed by atoms with van der Waals surface area (Å²) in [4.78, 5) is 20.7. The predicted molar refractivity (Wildman–Crippen MR) is 97.6 cm³/mol. The molecular weight excluding hydrogens is 331 g/mol. The van der Waals surface area contributed by atoms with Gasteiger partial charge in [0.15, 0.2) is 5.78 Å². The number of carbonyl (C=O) groups excluding carboxylic acids is 1. The van der Waals surface area contributed by atoms with Gasteiger partial charge in [-0.3, -0.25) is 4.79 Å². The van der Waals surface area contributed by atoms with Crippen LogP contribution in [-0.2, 0) is 11.2 Å². The molecule has 0 spiro atoms. The molecule has 1 aromatic heterocycles. The molecule has 130 valence electrons. The van der Waals surface area contributed by atoms with Crippen molar-refractivity contribution in [2.24, 2.45) is 0 Å². The molecule has 0 saturated carbocycles. The van der Waals surface area contributed by atoms with Gasteiger partial charge >= 0.3 is 0 Å². The Morgan fingerprint density at radius 1 is 1.15 bits per heavy atom. The maximum atomic E-state index is 13.2. The fourth-order valence-corrected chi connectivity index (χ4v) is 3.17. The highest BCUT2D eigenvalue weighted by Crippen LogP contribution is 2.32. The largest absolute Gasteiger partial charge is 0.437 e. The lowest BCUT2D eigenvalue weighted by atomic mass is 9.96. The molecule has 1 aliphatic carbocycles. The maximum absolute atomic E-state index is 13.2. The molecule has 1 heterocycles. The van der Waals surface area contributed by atoms with Gasteiger partial charge in [-0.2, -0.15) is 0 Å². The smallest absolute Gasteiger partial charge is 0.238 e. The van der Waals surface area contributed by atoms with E-state index in [0.29, 0.717) is 29.1 Å². The van der Waals surface area contributed by atoms with Crippen LogP contribution in [0.15, 0.2) is 48.7 Å². The van der Waals surface area contributed by atoms with E-state index < -0.39 is 0 Å². The monoisotopic (exact) mass is 348 g/mol. The van der Waals surface area contributed by atoms with Crippen molar-refractivity contribution in [3.05, 3.63) is 65.6 Å². The fraction of sp³-hybridized carbons (Fsp3) is 0.190. The number of ether oxygens (including phenoxy) is 1. The number of hydrogen-bond donors (Lipinski definition) is 0. The number of halogens is 1. The van der Waals surface area contributed by atoms with Gasteiger partial charge in [-0.05, 0) is 48.2 Å². The van der Waals surface area contributed by atoms with Crippen molar-refractivity contribution in [1.82, 2.24) is 9.97 Å². The molecule has 4 nitrogen and oxygen atoms in total. The Labute approximate surface area is 150 Å². The molecular formula is C21H17FN2O2. The summed E-state index contributed by atoms with van der Waals surface area (Å²) in [5.74, 6) is 0.735. The quantitative estimate of drug-likeness (QED) is 0.675. The highest BCUT2D eigenvalue weighted by Gasteiger charge is 2.19. The van der Waals surface area contributed by atoms with Gasteiger partial charge in [0, 0.05) is 18.1 Å². The second-order valence-electron chi connectivity index (χ2n) is 6.20. The zero-order chi connectivity index (χ0) is 18.1. The summed E-state index contributed by atoms with van der Waals surface area (Å²) >= 11 is 0. The van der Waals surface area contributed by atoms with Crippen molar-refractivity contribution in [2.75, 3.05) is 0 Å². The second-order valence-corrected chi connectivity index (χ2v) is 6.20. The van der Waals surface area contributed by atoms with Gasteiger partial charge in [-0.15, -0.1) is 0 Å². The van der Waals surface area contributed by atoms with E-state index in [0.717, 1.165) is 29.5 Å². The van der Waals surface area contributed by atoms with E-state index in [-0.39, 0.29) is 11.6 Å². The van der Waals surface area contributed by atoms with E-state index >= 15 is 0 Å². The van der Waals surface area contributed by atoms with Gasteiger partial charge in [0.05, 0.1) is 17.2 Å². The Hall–Kier alpha value is -3.08. The number of rotatable bonds is 4. The van der Waals surface area contributed by atoms with Crippen LogP contribution in [0.25, 0.3) is 16.6 Å². The van der Waals surface area contributed by atoms with Crippen LogP contribution < -0.4 is 4.74 Å². The van der Waals surface area contributed by atoms with Gasteiger partial charge in [0.2, 0.25) is 5.88 Å². The summed E-state index contributed by atoms with van der Waals surface area (Å²) in [7, 11) is 0. The van der Waals surface area contributed by atoms with E-state index in [1.165, 1.54) is 18.3 Å². The van der Waals surface area contributed by atoms with Crippen LogP contribution in [0.5, 0.6) is 11.6 Å². The van der Waals surface area contributed by atoms with E-state index in [1.807, 2.05) is 24.3 Å². The van der Waals surface area contributed by atoms with Crippen molar-refractivity contribution in [3.63, 3.8) is 0 Å². The predicted octanol–water partition coefficient (Wildman–Crippen LogP) is 4.87. The lowest BCUT2D eigenvalue weighted by Crippen LogP contribution is -2.00. The summed E-state index contributed by atoms with van der Waals surface area (Å²) < 4.78 is 19.1. The number of aryl methyl sites for hydroxylation is 1. The van der Waals surface area contributed by atoms with Gasteiger partial charge < -0.3 is 4.74 Å². The van der Waals surface area contributed by atoms with E-state index in [2.05, 4.69) is 16.9 Å². The second kappa shape index (κ2) is 6.67. The first-order valence-corrected chi connectivity index (χ1v) is 8.61. The maximum Gasteiger partial charge on any atom is 0.238 e. The number of nitrogens with zero attached hydrogens (tertiary/aromatic N) is 2. The van der Waals surface area contributed by atoms with Crippen LogP contribution in [0.1, 0.15) is 30.9 Å². The minimum atomic E-state index is -0.352. The lowest BCUT2D eigenvalue weighted by molar-refractivity contribution is -0.113. The summed E-state index contributed by atoms with van der Waals surface area (Å²) in [5.41, 5.74) is 3.83. The van der Waals surface area contributed by atoms with Gasteiger partial charge in [0.25, 0.3) is 0 Å². The molecule has 5 heteroatoms. The van der Waals surface area contributed by atoms with Crippen molar-refractivity contribution in [2.45, 2.75) is 26.2 Å². The van der Waals surface area contributed by atoms with E-state index in [9.17, 15) is 9.18 Å². The average molecular weight is 348 g/mol. The summed E-state index contributed by atoms with van der Waals surface area (Å²) in [6.07, 6.45) is 5.65. The van der Waals surface area contributed by atoms with E-state index in [4.69, 9.17) is 4.74 Å². The highest BCUT2D eigenvalue weighted by atomic mass is 19.1. The molecule has 0 atom stereocenters. The molecule has 4 rings (SSSR count). The number of fused-ring (bicyclic) bond motifs is 1. The first kappa shape index (κ1) is 16.4. The highest BCUT2D eigenvalue weighted by molar-refractivity contribution is 6.23. The molecule has 0 radical (unpaired) electrons. The van der Waals surface area contributed by atoms with Gasteiger partial charge in [-0.1, -0.05) is 19.1 Å². The Balaban J connectivity index is 1.68. The molecule has 0 fully saturated rings. The number of Topliss-reactive ketones (excluding diaryl/α,β-unsaturated/α-hetero) is 1. The number of carbonyl (C=O) groups is 1. The summed E-state index contributed by atoms with van der Waals surface area (Å²) in [5, 5.41) is 0. The summed E-state index contributed by atoms with van der Waals surface area (Å²) in [6.45, 7) is 2.06. The van der Waals surface area contributed by atoms with Gasteiger partial charge in [0.1, 0.15) is 11.6 Å². The molecule has 2 aromatic carbocycles. The molecule has 0 unspecified atom stereocenters. The van der Waals surface area contributed by atoms with Crippen molar-refractivity contribution in [1.29, 1.82) is 0 Å². The zero-order valence-electron chi connectivity index (χ0n) is 14.3. The minimum absolute atomic E-state index is 0.171. The third kappa shape index (κ3) is 3.08. The van der Waals surface area contributed by atoms with E-state index in [1.54, 1.807) is 6.07 Å². The zero-order valence-corrected chi connectivity index (χ0v) is 14.3. The number of hydrogen-bond acceptors (Lipinski definition) is 4. The minimum Gasteiger partial charge on any atom is -0.437 e. The van der Waals surface area contributed by atoms with Crippen molar-refractivity contribution < 1.29 is 13.9 Å². The van der Waals surface area contributed by atoms with Crippen LogP contribution in [0.2, 0.25) is 0 Å². The molecule has 0 N–H and O–H groups in total. The Bertz CT molecular complexity index is 1040. The Morgan fingerprint density at radius 3 is 2.81 bits per heavy atom. The Kier molecular flexibility index (Phi) is 4.21. The number of ketones is 1. The third-order valence-corrected chi connectivity index (χ3v) is 4.48. The number of benzene rings is 2. The van der Waals surface area contributed by atoms with Crippen LogP contribution in [0.4, 0.5) is 4.39 Å². The summed E-state index contributed by atoms with van der Waals surface area (Å²) in [6, 6.07) is 9.95. The molecule has 26 heavy (non-hydrogen) atoms. The lowest BCUT2D eigenvalue weighted by Gasteiger charge is -2.12. The number of aromatic nitrogens is 2. The molecule has 0 saturated heterocycles. The van der Waals surface area contributed by atoms with Crippen LogP contribution in [-0.4, -0.2) is 15.8 Å². The van der Waals surface area contributed by atoms with Crippen molar-refractivity contribution in [3.8, 4) is 11.6 Å². The molecule has 1 aliphatic rings. The van der Waals surface area contributed by atoms with Crippen LogP contribution in [0, 0.1) is 5.82 Å². The standard InChI is InChI=1S/C21H17FN2O2/c1-2-13-6-8-15(11-17(13)16-4-3-5-20(16)25)26-21-12-23-19-10-14(22)7-9-18(19)24-21/h4,6-12H,2-3,5H2,1H3. The third-order valence-electron chi connectivity index (χ3n) is 4.48. The first-order valence-electron chi connectivity index (χ1n) is 8.61. The topological polar surface area (TPSA) is 52.1 Å². The molecule has 0 amide bonds. The normalized spacial score (nSPS) is 13.9. The first-order chi connectivity index (χ1) is 12.6. The molecule has 3 aromatic rings. The van der Waals surface area contributed by atoms with Gasteiger partial charge in [-0.25, -0.2) is 14.4 Å². The average Bonchev–Trinajstić information content (AvgIpc) is 3.07. The molecule has 0 bridgehead atoms. The van der Waals surface area contributed by atoms with Crippen LogP contribution >= 0.6 is 0 Å². The number of allylic oxidation sites excluding steroid dienone is 2. The van der Waals surface area contributed by atoms with Crippen LogP contribution in [0.3, 0.4) is 0 Å². The fourth-order valence-electron chi connectivity index (χ4n) is 3.17.